The molecule has 0 unspecified atom stereocenters. The Balaban J connectivity index is 1.52. The average molecular weight is 362 g/mol. The van der Waals surface area contributed by atoms with Gasteiger partial charge in [0.25, 0.3) is 5.91 Å². The number of fused-ring (bicyclic) bond motifs is 1. The molecule has 0 radical (unpaired) electrons. The molecule has 7 nitrogen and oxygen atoms in total. The van der Waals surface area contributed by atoms with Crippen molar-refractivity contribution < 1.29 is 4.79 Å². The van der Waals surface area contributed by atoms with E-state index in [1.165, 1.54) is 0 Å². The molecule has 0 atom stereocenters. The maximum atomic E-state index is 12.9. The summed E-state index contributed by atoms with van der Waals surface area (Å²) >= 11 is 0. The van der Waals surface area contributed by atoms with Gasteiger partial charge in [0, 0.05) is 51.9 Å². The first kappa shape index (κ1) is 17.2. The monoisotopic (exact) mass is 362 g/mol. The summed E-state index contributed by atoms with van der Waals surface area (Å²) in [4.78, 5) is 21.0. The lowest BCUT2D eigenvalue weighted by atomic mass is 10.2. The van der Waals surface area contributed by atoms with E-state index in [4.69, 9.17) is 0 Å². The number of anilines is 1. The average Bonchev–Trinajstić information content (AvgIpc) is 2.99. The number of carbonyl (C=O) groups is 1. The summed E-state index contributed by atoms with van der Waals surface area (Å²) in [5.74, 6) is 2.62. The molecule has 138 valence electrons. The summed E-state index contributed by atoms with van der Waals surface area (Å²) in [6.07, 6.45) is 2.34. The molecule has 0 fully saturated rings. The number of amides is 1. The maximum absolute atomic E-state index is 12.9. The van der Waals surface area contributed by atoms with Crippen LogP contribution in [0.2, 0.25) is 0 Å². The van der Waals surface area contributed by atoms with E-state index in [0.29, 0.717) is 31.6 Å². The zero-order chi connectivity index (χ0) is 18.8. The summed E-state index contributed by atoms with van der Waals surface area (Å²) in [5, 5.41) is 8.71. The smallest absolute Gasteiger partial charge is 0.255 e. The van der Waals surface area contributed by atoms with E-state index in [1.807, 2.05) is 66.4 Å². The molecule has 0 spiro atoms. The van der Waals surface area contributed by atoms with Crippen molar-refractivity contribution in [2.24, 2.45) is 0 Å². The Kier molecular flexibility index (Phi) is 4.58. The van der Waals surface area contributed by atoms with Crippen molar-refractivity contribution >= 4 is 11.7 Å². The zero-order valence-electron chi connectivity index (χ0n) is 15.5. The molecule has 0 bridgehead atoms. The summed E-state index contributed by atoms with van der Waals surface area (Å²) < 4.78 is 2.12. The minimum absolute atomic E-state index is 0.00720. The number of nitrogens with zero attached hydrogens (tertiary/aromatic N) is 6. The molecule has 3 heterocycles. The number of benzene rings is 1. The Morgan fingerprint density at radius 1 is 1.00 bits per heavy atom. The van der Waals surface area contributed by atoms with Crippen molar-refractivity contribution in [3.05, 3.63) is 60.0 Å². The molecule has 0 aliphatic carbocycles. The minimum Gasteiger partial charge on any atom is -0.363 e. The van der Waals surface area contributed by atoms with Gasteiger partial charge in [-0.15, -0.1) is 10.2 Å². The number of hydrogen-bond acceptors (Lipinski definition) is 5. The summed E-state index contributed by atoms with van der Waals surface area (Å²) in [7, 11) is 3.86. The van der Waals surface area contributed by atoms with Gasteiger partial charge in [-0.05, 0) is 12.1 Å². The Morgan fingerprint density at radius 3 is 2.52 bits per heavy atom. The molecular weight excluding hydrogens is 340 g/mol. The molecule has 1 aliphatic rings. The van der Waals surface area contributed by atoms with Crippen molar-refractivity contribution in [1.29, 1.82) is 0 Å². The van der Waals surface area contributed by atoms with E-state index in [-0.39, 0.29) is 5.91 Å². The summed E-state index contributed by atoms with van der Waals surface area (Å²) in [6, 6.07) is 13.7. The first-order chi connectivity index (χ1) is 13.1. The van der Waals surface area contributed by atoms with Crippen molar-refractivity contribution in [1.82, 2.24) is 24.6 Å². The van der Waals surface area contributed by atoms with Gasteiger partial charge in [0.2, 0.25) is 0 Å². The van der Waals surface area contributed by atoms with Crippen LogP contribution in [0, 0.1) is 0 Å². The van der Waals surface area contributed by atoms with Crippen LogP contribution in [0.3, 0.4) is 0 Å². The van der Waals surface area contributed by atoms with Gasteiger partial charge in [-0.2, -0.15) is 0 Å². The van der Waals surface area contributed by atoms with E-state index < -0.39 is 0 Å². The van der Waals surface area contributed by atoms with Gasteiger partial charge in [-0.1, -0.05) is 30.3 Å². The number of aromatic nitrogens is 4. The Hall–Kier alpha value is -3.22. The highest BCUT2D eigenvalue weighted by atomic mass is 16.2. The lowest BCUT2D eigenvalue weighted by molar-refractivity contribution is 0.0758. The molecule has 1 aromatic carbocycles. The first-order valence-electron chi connectivity index (χ1n) is 9.03. The molecule has 0 N–H and O–H groups in total. The van der Waals surface area contributed by atoms with Crippen LogP contribution in [0.4, 0.5) is 5.82 Å². The van der Waals surface area contributed by atoms with Crippen LogP contribution in [0.15, 0.2) is 48.7 Å². The topological polar surface area (TPSA) is 67.2 Å². The molecule has 1 aliphatic heterocycles. The highest BCUT2D eigenvalue weighted by Gasteiger charge is 2.23. The van der Waals surface area contributed by atoms with Crippen LogP contribution >= 0.6 is 0 Å². The molecular formula is C20H22N6O. The quantitative estimate of drug-likeness (QED) is 0.714. The third-order valence-corrected chi connectivity index (χ3v) is 4.80. The minimum atomic E-state index is 0.00720. The molecule has 1 amide bonds. The van der Waals surface area contributed by atoms with Crippen molar-refractivity contribution in [2.75, 3.05) is 32.1 Å². The Morgan fingerprint density at radius 2 is 1.81 bits per heavy atom. The van der Waals surface area contributed by atoms with Crippen LogP contribution in [0.1, 0.15) is 16.2 Å². The van der Waals surface area contributed by atoms with E-state index in [2.05, 4.69) is 19.7 Å². The van der Waals surface area contributed by atoms with E-state index in [9.17, 15) is 4.79 Å². The highest BCUT2D eigenvalue weighted by molar-refractivity contribution is 5.94. The van der Waals surface area contributed by atoms with Crippen LogP contribution in [0.5, 0.6) is 0 Å². The van der Waals surface area contributed by atoms with Gasteiger partial charge in [-0.3, -0.25) is 4.79 Å². The molecule has 27 heavy (non-hydrogen) atoms. The standard InChI is InChI=1S/C20H22N6O/c1-24(2)17-9-8-16(14-21-17)20(27)25-11-10-18-22-23-19(26(18)13-12-25)15-6-4-3-5-7-15/h3-9,14H,10-13H2,1-2H3. The predicted molar refractivity (Wildman–Crippen MR) is 104 cm³/mol. The second-order valence-electron chi connectivity index (χ2n) is 6.80. The molecule has 7 heteroatoms. The zero-order valence-corrected chi connectivity index (χ0v) is 15.5. The van der Waals surface area contributed by atoms with Gasteiger partial charge in [0.1, 0.15) is 11.6 Å². The van der Waals surface area contributed by atoms with Gasteiger partial charge in [0.15, 0.2) is 5.82 Å². The molecule has 2 aromatic heterocycles. The molecule has 3 aromatic rings. The van der Waals surface area contributed by atoms with Crippen molar-refractivity contribution in [2.45, 2.75) is 13.0 Å². The fraction of sp³-hybridized carbons (Fsp3) is 0.300. The van der Waals surface area contributed by atoms with Gasteiger partial charge < -0.3 is 14.4 Å². The first-order valence-corrected chi connectivity index (χ1v) is 9.03. The van der Waals surface area contributed by atoms with Gasteiger partial charge in [0.05, 0.1) is 5.56 Å². The third kappa shape index (κ3) is 3.40. The summed E-state index contributed by atoms with van der Waals surface area (Å²) in [5.41, 5.74) is 1.65. The lowest BCUT2D eigenvalue weighted by Crippen LogP contribution is -2.33. The van der Waals surface area contributed by atoms with E-state index >= 15 is 0 Å². The number of rotatable bonds is 3. The fourth-order valence-corrected chi connectivity index (χ4v) is 3.29. The number of carbonyl (C=O) groups excluding carboxylic acids is 1. The predicted octanol–water partition coefficient (Wildman–Crippen LogP) is 2.10. The largest absolute Gasteiger partial charge is 0.363 e. The second-order valence-corrected chi connectivity index (χ2v) is 6.80. The molecule has 0 saturated carbocycles. The van der Waals surface area contributed by atoms with Gasteiger partial charge >= 0.3 is 0 Å². The van der Waals surface area contributed by atoms with Gasteiger partial charge in [-0.25, -0.2) is 4.98 Å². The fourth-order valence-electron chi connectivity index (χ4n) is 3.29. The SMILES string of the molecule is CN(C)c1ccc(C(=O)N2CCc3nnc(-c4ccccc4)n3CC2)cn1. The second kappa shape index (κ2) is 7.19. The molecule has 0 saturated heterocycles. The van der Waals surface area contributed by atoms with Crippen LogP contribution in [-0.2, 0) is 13.0 Å². The van der Waals surface area contributed by atoms with Crippen molar-refractivity contribution in [3.63, 3.8) is 0 Å². The van der Waals surface area contributed by atoms with Crippen molar-refractivity contribution in [3.8, 4) is 11.4 Å². The molecule has 4 rings (SSSR count). The Bertz CT molecular complexity index is 933. The van der Waals surface area contributed by atoms with E-state index in [0.717, 1.165) is 23.0 Å². The van der Waals surface area contributed by atoms with Crippen LogP contribution in [0.25, 0.3) is 11.4 Å². The lowest BCUT2D eigenvalue weighted by Gasteiger charge is -2.20. The third-order valence-electron chi connectivity index (χ3n) is 4.80. The van der Waals surface area contributed by atoms with Crippen LogP contribution < -0.4 is 4.90 Å². The van der Waals surface area contributed by atoms with E-state index in [1.54, 1.807) is 6.20 Å². The highest BCUT2D eigenvalue weighted by Crippen LogP contribution is 2.20. The maximum Gasteiger partial charge on any atom is 0.255 e. The van der Waals surface area contributed by atoms with Crippen LogP contribution in [-0.4, -0.2) is 57.7 Å². The summed E-state index contributed by atoms with van der Waals surface area (Å²) in [6.45, 7) is 1.93. The number of pyridine rings is 1. The Labute approximate surface area is 158 Å². The normalized spacial score (nSPS) is 13.8. The number of hydrogen-bond donors (Lipinski definition) is 0.